The van der Waals surface area contributed by atoms with Crippen LogP contribution in [0.15, 0.2) is 0 Å². The van der Waals surface area contributed by atoms with Crippen LogP contribution in [0.2, 0.25) is 0 Å². The van der Waals surface area contributed by atoms with Crippen molar-refractivity contribution in [2.45, 2.75) is 72.3 Å². The van der Waals surface area contributed by atoms with E-state index >= 15 is 0 Å². The molecule has 0 aliphatic rings. The lowest BCUT2D eigenvalue weighted by molar-refractivity contribution is 0.421. The Morgan fingerprint density at radius 2 is 1.71 bits per heavy atom. The van der Waals surface area contributed by atoms with Crippen LogP contribution < -0.4 is 0 Å². The van der Waals surface area contributed by atoms with Gasteiger partial charge in [0.15, 0.2) is 5.75 Å². The fraction of sp³-hybridized carbons (Fsp3) is 0.786. The lowest BCUT2D eigenvalue weighted by atomic mass is 10.0. The van der Waals surface area contributed by atoms with Crippen molar-refractivity contribution in [1.82, 2.24) is 9.78 Å². The van der Waals surface area contributed by atoms with E-state index in [0.717, 1.165) is 24.2 Å². The number of rotatable bonds is 5. The average Bonchev–Trinajstić information content (AvgIpc) is 2.65. The van der Waals surface area contributed by atoms with E-state index in [1.807, 2.05) is 4.68 Å². The zero-order valence-electron chi connectivity index (χ0n) is 12.0. The van der Waals surface area contributed by atoms with Crippen molar-refractivity contribution in [3.05, 3.63) is 11.4 Å². The van der Waals surface area contributed by atoms with Gasteiger partial charge < -0.3 is 5.11 Å². The molecule has 3 heteroatoms. The summed E-state index contributed by atoms with van der Waals surface area (Å²) < 4.78 is 2.03. The van der Waals surface area contributed by atoms with Gasteiger partial charge in [0.05, 0.1) is 5.69 Å². The van der Waals surface area contributed by atoms with E-state index in [1.165, 1.54) is 0 Å². The van der Waals surface area contributed by atoms with E-state index in [4.69, 9.17) is 0 Å². The SMILES string of the molecule is CCC(C)c1c(O)c(C(C)C)nn1C(C)CC. The first kappa shape index (κ1) is 14.1. The van der Waals surface area contributed by atoms with Gasteiger partial charge in [0, 0.05) is 17.9 Å². The minimum absolute atomic E-state index is 0.267. The normalized spacial score (nSPS) is 15.2. The van der Waals surface area contributed by atoms with Gasteiger partial charge in [-0.2, -0.15) is 5.10 Å². The maximum atomic E-state index is 10.3. The van der Waals surface area contributed by atoms with Crippen LogP contribution in [0.25, 0.3) is 0 Å². The van der Waals surface area contributed by atoms with Crippen molar-refractivity contribution in [1.29, 1.82) is 0 Å². The van der Waals surface area contributed by atoms with Crippen molar-refractivity contribution < 1.29 is 5.11 Å². The van der Waals surface area contributed by atoms with E-state index in [9.17, 15) is 5.11 Å². The summed E-state index contributed by atoms with van der Waals surface area (Å²) in [7, 11) is 0. The van der Waals surface area contributed by atoms with Crippen LogP contribution in [0.1, 0.15) is 83.6 Å². The molecule has 17 heavy (non-hydrogen) atoms. The summed E-state index contributed by atoms with van der Waals surface area (Å²) in [5.74, 6) is 1.03. The highest BCUT2D eigenvalue weighted by atomic mass is 16.3. The molecular formula is C14H26N2O. The number of nitrogens with zero attached hydrogens (tertiary/aromatic N) is 2. The average molecular weight is 238 g/mol. The fourth-order valence-electron chi connectivity index (χ4n) is 2.01. The number of hydrogen-bond donors (Lipinski definition) is 1. The predicted octanol–water partition coefficient (Wildman–Crippen LogP) is 4.20. The van der Waals surface area contributed by atoms with Crippen LogP contribution in [0, 0.1) is 0 Å². The Labute approximate surface area is 105 Å². The van der Waals surface area contributed by atoms with Gasteiger partial charge in [-0.05, 0) is 19.8 Å². The first-order valence-corrected chi connectivity index (χ1v) is 6.75. The molecule has 0 radical (unpaired) electrons. The first-order valence-electron chi connectivity index (χ1n) is 6.75. The second-order valence-electron chi connectivity index (χ2n) is 5.28. The molecule has 0 spiro atoms. The summed E-state index contributed by atoms with van der Waals surface area (Å²) >= 11 is 0. The van der Waals surface area contributed by atoms with E-state index in [-0.39, 0.29) is 5.92 Å². The Morgan fingerprint density at radius 3 is 2.12 bits per heavy atom. The molecule has 1 aromatic rings. The molecule has 0 fully saturated rings. The van der Waals surface area contributed by atoms with Gasteiger partial charge in [-0.15, -0.1) is 0 Å². The van der Waals surface area contributed by atoms with Crippen molar-refractivity contribution in [3.63, 3.8) is 0 Å². The monoisotopic (exact) mass is 238 g/mol. The van der Waals surface area contributed by atoms with Gasteiger partial charge in [0.25, 0.3) is 0 Å². The first-order chi connectivity index (χ1) is 7.93. The Hall–Kier alpha value is -0.990. The lowest BCUT2D eigenvalue weighted by Crippen LogP contribution is -2.12. The molecule has 1 rings (SSSR count). The third-order valence-electron chi connectivity index (χ3n) is 3.58. The van der Waals surface area contributed by atoms with Gasteiger partial charge >= 0.3 is 0 Å². The van der Waals surface area contributed by atoms with Crippen molar-refractivity contribution in [2.75, 3.05) is 0 Å². The molecule has 0 saturated heterocycles. The fourth-order valence-corrected chi connectivity index (χ4v) is 2.01. The minimum atomic E-state index is 0.267. The van der Waals surface area contributed by atoms with E-state index in [0.29, 0.717) is 17.7 Å². The van der Waals surface area contributed by atoms with Crippen LogP contribution in [-0.2, 0) is 0 Å². The lowest BCUT2D eigenvalue weighted by Gasteiger charge is -2.17. The largest absolute Gasteiger partial charge is 0.504 e. The molecule has 0 aliphatic carbocycles. The molecule has 0 saturated carbocycles. The van der Waals surface area contributed by atoms with E-state index in [2.05, 4.69) is 46.6 Å². The second kappa shape index (κ2) is 5.56. The molecule has 1 heterocycles. The number of aromatic hydroxyl groups is 1. The number of hydrogen-bond acceptors (Lipinski definition) is 2. The second-order valence-corrected chi connectivity index (χ2v) is 5.28. The number of aromatic nitrogens is 2. The molecule has 0 aromatic carbocycles. The van der Waals surface area contributed by atoms with Crippen molar-refractivity contribution in [3.8, 4) is 5.75 Å². The van der Waals surface area contributed by atoms with E-state index in [1.54, 1.807) is 0 Å². The Bertz CT molecular complexity index is 369. The quantitative estimate of drug-likeness (QED) is 0.835. The van der Waals surface area contributed by atoms with Crippen LogP contribution >= 0.6 is 0 Å². The van der Waals surface area contributed by atoms with Crippen LogP contribution in [0.3, 0.4) is 0 Å². The summed E-state index contributed by atoms with van der Waals surface area (Å²) in [5, 5.41) is 15.0. The van der Waals surface area contributed by atoms with Crippen molar-refractivity contribution in [2.24, 2.45) is 0 Å². The van der Waals surface area contributed by atoms with Crippen LogP contribution in [0.5, 0.6) is 5.75 Å². The molecule has 0 amide bonds. The Balaban J connectivity index is 3.31. The molecule has 1 aromatic heterocycles. The van der Waals surface area contributed by atoms with Crippen LogP contribution in [0.4, 0.5) is 0 Å². The summed E-state index contributed by atoms with van der Waals surface area (Å²) in [6.45, 7) is 12.8. The summed E-state index contributed by atoms with van der Waals surface area (Å²) in [4.78, 5) is 0. The molecule has 98 valence electrons. The standard InChI is InChI=1S/C14H26N2O/c1-7-10(5)13-14(17)12(9(3)4)15-16(13)11(6)8-2/h9-11,17H,7-8H2,1-6H3. The topological polar surface area (TPSA) is 38.1 Å². The smallest absolute Gasteiger partial charge is 0.160 e. The Morgan fingerprint density at radius 1 is 1.12 bits per heavy atom. The zero-order chi connectivity index (χ0) is 13.2. The maximum Gasteiger partial charge on any atom is 0.160 e. The molecule has 0 bridgehead atoms. The maximum absolute atomic E-state index is 10.3. The molecule has 2 unspecified atom stereocenters. The van der Waals surface area contributed by atoms with Gasteiger partial charge in [0.1, 0.15) is 5.69 Å². The minimum Gasteiger partial charge on any atom is -0.504 e. The third-order valence-corrected chi connectivity index (χ3v) is 3.58. The highest BCUT2D eigenvalue weighted by Gasteiger charge is 2.24. The van der Waals surface area contributed by atoms with Gasteiger partial charge in [-0.25, -0.2) is 0 Å². The zero-order valence-corrected chi connectivity index (χ0v) is 12.0. The third kappa shape index (κ3) is 2.64. The molecule has 2 atom stereocenters. The predicted molar refractivity (Wildman–Crippen MR) is 71.7 cm³/mol. The highest BCUT2D eigenvalue weighted by molar-refractivity contribution is 5.36. The van der Waals surface area contributed by atoms with Crippen molar-refractivity contribution >= 4 is 0 Å². The molecular weight excluding hydrogens is 212 g/mol. The molecule has 3 nitrogen and oxygen atoms in total. The molecule has 1 N–H and O–H groups in total. The van der Waals surface area contributed by atoms with E-state index < -0.39 is 0 Å². The van der Waals surface area contributed by atoms with Gasteiger partial charge in [-0.3, -0.25) is 4.68 Å². The summed E-state index contributed by atoms with van der Waals surface area (Å²) in [5.41, 5.74) is 1.84. The highest BCUT2D eigenvalue weighted by Crippen LogP contribution is 2.36. The van der Waals surface area contributed by atoms with Gasteiger partial charge in [-0.1, -0.05) is 34.6 Å². The summed E-state index contributed by atoms with van der Waals surface area (Å²) in [6, 6.07) is 0.345. The Kier molecular flexibility index (Phi) is 4.61. The van der Waals surface area contributed by atoms with Gasteiger partial charge in [0.2, 0.25) is 0 Å². The summed E-state index contributed by atoms with van der Waals surface area (Å²) in [6.07, 6.45) is 2.05. The molecule has 0 aliphatic heterocycles. The van der Waals surface area contributed by atoms with Crippen LogP contribution in [-0.4, -0.2) is 14.9 Å².